The molecule has 0 aliphatic carbocycles. The minimum absolute atomic E-state index is 0.125. The predicted octanol–water partition coefficient (Wildman–Crippen LogP) is 3.89. The number of benzene rings is 1. The molecule has 0 bridgehead atoms. The summed E-state index contributed by atoms with van der Waals surface area (Å²) in [5.41, 5.74) is -0.0490. The number of halogens is 2. The normalized spacial score (nSPS) is 11.3. The van der Waals surface area contributed by atoms with Crippen molar-refractivity contribution in [2.24, 2.45) is 0 Å². The minimum Gasteiger partial charge on any atom is -0.239 e. The van der Waals surface area contributed by atoms with Gasteiger partial charge in [-0.3, -0.25) is 0 Å². The van der Waals surface area contributed by atoms with Gasteiger partial charge in [-0.2, -0.15) is 5.26 Å². The molecule has 1 heterocycles. The van der Waals surface area contributed by atoms with E-state index in [1.54, 1.807) is 19.2 Å². The Hall–Kier alpha value is -1.80. The van der Waals surface area contributed by atoms with Crippen LogP contribution in [0.1, 0.15) is 19.5 Å². The third-order valence-corrected chi connectivity index (χ3v) is 3.46. The van der Waals surface area contributed by atoms with Gasteiger partial charge in [0.05, 0.1) is 17.2 Å². The van der Waals surface area contributed by atoms with Gasteiger partial charge in [0.2, 0.25) is 0 Å². The molecule has 92 valence electrons. The molecule has 5 heteroatoms. The van der Waals surface area contributed by atoms with Gasteiger partial charge in [0.25, 0.3) is 0 Å². The number of hydrogen-bond acceptors (Lipinski definition) is 3. The van der Waals surface area contributed by atoms with Gasteiger partial charge in [-0.25, -0.2) is 13.8 Å². The van der Waals surface area contributed by atoms with Crippen LogP contribution in [0, 0.1) is 23.0 Å². The van der Waals surface area contributed by atoms with E-state index in [0.717, 1.165) is 18.2 Å². The van der Waals surface area contributed by atoms with E-state index < -0.39 is 17.0 Å². The number of nitrogens with zero attached hydrogens (tertiary/aromatic N) is 2. The zero-order chi connectivity index (χ0) is 13.3. The summed E-state index contributed by atoms with van der Waals surface area (Å²) >= 11 is 1.20. The molecule has 0 spiro atoms. The van der Waals surface area contributed by atoms with Crippen LogP contribution in [0.2, 0.25) is 0 Å². The molecule has 0 radical (unpaired) electrons. The number of rotatable bonds is 2. The summed E-state index contributed by atoms with van der Waals surface area (Å²) in [6.45, 7) is 3.46. The lowest BCUT2D eigenvalue weighted by Gasteiger charge is -2.10. The fraction of sp³-hybridized carbons (Fsp3) is 0.231. The highest BCUT2D eigenvalue weighted by Gasteiger charge is 2.24. The molecule has 1 aromatic heterocycles. The Morgan fingerprint density at radius 3 is 2.72 bits per heavy atom. The topological polar surface area (TPSA) is 36.7 Å². The molecular weight excluding hydrogens is 254 g/mol. The van der Waals surface area contributed by atoms with E-state index in [9.17, 15) is 8.78 Å². The molecule has 0 aliphatic rings. The van der Waals surface area contributed by atoms with Crippen LogP contribution in [0.5, 0.6) is 0 Å². The van der Waals surface area contributed by atoms with Gasteiger partial charge in [0.15, 0.2) is 0 Å². The largest absolute Gasteiger partial charge is 0.239 e. The first-order valence-electron chi connectivity index (χ1n) is 5.27. The second-order valence-corrected chi connectivity index (χ2v) is 5.26. The lowest BCUT2D eigenvalue weighted by Crippen LogP contribution is -2.14. The molecular formula is C13H10F2N2S. The highest BCUT2D eigenvalue weighted by Crippen LogP contribution is 2.31. The van der Waals surface area contributed by atoms with Crippen molar-refractivity contribution < 1.29 is 8.78 Å². The lowest BCUT2D eigenvalue weighted by atomic mass is 9.92. The Kier molecular flexibility index (Phi) is 3.14. The van der Waals surface area contributed by atoms with Crippen LogP contribution < -0.4 is 0 Å². The summed E-state index contributed by atoms with van der Waals surface area (Å²) in [7, 11) is 0. The van der Waals surface area contributed by atoms with Crippen molar-refractivity contribution in [3.8, 4) is 16.6 Å². The Bertz CT molecular complexity index is 626. The molecule has 0 saturated heterocycles. The van der Waals surface area contributed by atoms with Gasteiger partial charge < -0.3 is 0 Å². The highest BCUT2D eigenvalue weighted by atomic mass is 32.1. The molecule has 2 rings (SSSR count). The van der Waals surface area contributed by atoms with Gasteiger partial charge in [-0.15, -0.1) is 11.3 Å². The molecule has 0 atom stereocenters. The maximum absolute atomic E-state index is 13.6. The van der Waals surface area contributed by atoms with Crippen LogP contribution >= 0.6 is 11.3 Å². The molecule has 0 aliphatic heterocycles. The number of hydrogen-bond donors (Lipinski definition) is 0. The zero-order valence-corrected chi connectivity index (χ0v) is 10.7. The number of thiazole rings is 1. The Balaban J connectivity index is 2.48. The lowest BCUT2D eigenvalue weighted by molar-refractivity contribution is 0.602. The van der Waals surface area contributed by atoms with E-state index in [1.165, 1.54) is 11.3 Å². The molecule has 2 nitrogen and oxygen atoms in total. The van der Waals surface area contributed by atoms with E-state index in [4.69, 9.17) is 5.26 Å². The average molecular weight is 264 g/mol. The summed E-state index contributed by atoms with van der Waals surface area (Å²) in [6.07, 6.45) is 0. The zero-order valence-electron chi connectivity index (χ0n) is 9.87. The van der Waals surface area contributed by atoms with E-state index in [-0.39, 0.29) is 5.56 Å². The van der Waals surface area contributed by atoms with Crippen LogP contribution in [0.15, 0.2) is 23.6 Å². The number of nitriles is 1. The van der Waals surface area contributed by atoms with Crippen molar-refractivity contribution in [3.63, 3.8) is 0 Å². The van der Waals surface area contributed by atoms with Gasteiger partial charge in [0, 0.05) is 10.9 Å². The summed E-state index contributed by atoms with van der Waals surface area (Å²) in [5, 5.41) is 11.1. The molecule has 0 N–H and O–H groups in total. The number of aromatic nitrogens is 1. The average Bonchev–Trinajstić information content (AvgIpc) is 2.82. The fourth-order valence-corrected chi connectivity index (χ4v) is 2.41. The van der Waals surface area contributed by atoms with E-state index in [0.29, 0.717) is 10.7 Å². The highest BCUT2D eigenvalue weighted by molar-refractivity contribution is 7.13. The molecule has 0 unspecified atom stereocenters. The van der Waals surface area contributed by atoms with Gasteiger partial charge in [-0.1, -0.05) is 0 Å². The van der Waals surface area contributed by atoms with Gasteiger partial charge in [0.1, 0.15) is 16.6 Å². The van der Waals surface area contributed by atoms with Crippen LogP contribution in [0.3, 0.4) is 0 Å². The predicted molar refractivity (Wildman–Crippen MR) is 66.1 cm³/mol. The van der Waals surface area contributed by atoms with Crippen LogP contribution in [-0.2, 0) is 5.41 Å². The minimum atomic E-state index is -0.738. The molecule has 18 heavy (non-hydrogen) atoms. The van der Waals surface area contributed by atoms with E-state index in [1.807, 2.05) is 0 Å². The third kappa shape index (κ3) is 2.24. The van der Waals surface area contributed by atoms with Crippen LogP contribution in [0.4, 0.5) is 8.78 Å². The fourth-order valence-electron chi connectivity index (χ4n) is 1.40. The second kappa shape index (κ2) is 4.46. The summed E-state index contributed by atoms with van der Waals surface area (Å²) < 4.78 is 26.7. The Morgan fingerprint density at radius 2 is 2.06 bits per heavy atom. The Labute approximate surface area is 108 Å². The first-order chi connectivity index (χ1) is 8.44. The van der Waals surface area contributed by atoms with Crippen molar-refractivity contribution in [1.29, 1.82) is 5.26 Å². The molecule has 0 fully saturated rings. The second-order valence-electron chi connectivity index (χ2n) is 4.40. The molecule has 0 saturated carbocycles. The molecule has 1 aromatic carbocycles. The van der Waals surface area contributed by atoms with Crippen molar-refractivity contribution in [2.45, 2.75) is 19.3 Å². The third-order valence-electron chi connectivity index (χ3n) is 2.58. The van der Waals surface area contributed by atoms with Crippen molar-refractivity contribution in [2.75, 3.05) is 0 Å². The Morgan fingerprint density at radius 1 is 1.33 bits per heavy atom. The van der Waals surface area contributed by atoms with E-state index >= 15 is 0 Å². The maximum atomic E-state index is 13.6. The first kappa shape index (κ1) is 12.7. The SMILES string of the molecule is CC(C)(C#N)c1csc(-c2cc(F)ccc2F)n1. The monoisotopic (exact) mass is 264 g/mol. The summed E-state index contributed by atoms with van der Waals surface area (Å²) in [4.78, 5) is 4.21. The van der Waals surface area contributed by atoms with Crippen LogP contribution in [-0.4, -0.2) is 4.98 Å². The van der Waals surface area contributed by atoms with Crippen molar-refractivity contribution >= 4 is 11.3 Å². The maximum Gasteiger partial charge on any atom is 0.133 e. The summed E-state index contributed by atoms with van der Waals surface area (Å²) in [6, 6.07) is 5.37. The molecule has 2 aromatic rings. The summed E-state index contributed by atoms with van der Waals surface area (Å²) in [5.74, 6) is -1.03. The first-order valence-corrected chi connectivity index (χ1v) is 6.14. The van der Waals surface area contributed by atoms with Gasteiger partial charge in [-0.05, 0) is 32.0 Å². The molecule has 0 amide bonds. The van der Waals surface area contributed by atoms with E-state index in [2.05, 4.69) is 11.1 Å². The van der Waals surface area contributed by atoms with Crippen molar-refractivity contribution in [1.82, 2.24) is 4.98 Å². The quantitative estimate of drug-likeness (QED) is 0.825. The van der Waals surface area contributed by atoms with Crippen LogP contribution in [0.25, 0.3) is 10.6 Å². The smallest absolute Gasteiger partial charge is 0.133 e. The standard InChI is InChI=1S/C13H10F2N2S/c1-13(2,7-16)11-6-18-12(17-11)9-5-8(14)3-4-10(9)15/h3-6H,1-2H3. The van der Waals surface area contributed by atoms with Gasteiger partial charge >= 0.3 is 0 Å². The van der Waals surface area contributed by atoms with Crippen molar-refractivity contribution in [3.05, 3.63) is 40.9 Å².